The number of nitrogens with zero attached hydrogens (tertiary/aromatic N) is 3. The van der Waals surface area contributed by atoms with Gasteiger partial charge >= 0.3 is 12.1 Å². The second-order valence-electron chi connectivity index (χ2n) is 7.63. The molecular formula is C24H27N3O6. The summed E-state index contributed by atoms with van der Waals surface area (Å²) in [7, 11) is 1.38. The van der Waals surface area contributed by atoms with Crippen LogP contribution in [-0.2, 0) is 9.53 Å². The molecule has 33 heavy (non-hydrogen) atoms. The summed E-state index contributed by atoms with van der Waals surface area (Å²) in [5, 5.41) is 10.8. The normalized spacial score (nSPS) is 14.2. The number of ether oxygens (including phenoxy) is 2. The number of amides is 1. The molecule has 2 aromatic carbocycles. The number of hydrogen-bond acceptors (Lipinski definition) is 7. The Morgan fingerprint density at radius 3 is 2.39 bits per heavy atom. The van der Waals surface area contributed by atoms with Crippen molar-refractivity contribution in [3.8, 4) is 5.75 Å². The second kappa shape index (κ2) is 11.7. The van der Waals surface area contributed by atoms with E-state index in [-0.39, 0.29) is 29.9 Å². The Balaban J connectivity index is 1.57. The Morgan fingerprint density at radius 1 is 1.12 bits per heavy atom. The van der Waals surface area contributed by atoms with Gasteiger partial charge in [-0.2, -0.15) is 0 Å². The lowest BCUT2D eigenvalue weighted by molar-refractivity contribution is -0.384. The summed E-state index contributed by atoms with van der Waals surface area (Å²) >= 11 is 0. The maximum absolute atomic E-state index is 12.5. The highest BCUT2D eigenvalue weighted by Gasteiger charge is 2.27. The van der Waals surface area contributed by atoms with Crippen LogP contribution in [0.25, 0.3) is 6.08 Å². The monoisotopic (exact) mass is 453 g/mol. The molecule has 0 atom stereocenters. The van der Waals surface area contributed by atoms with Crippen molar-refractivity contribution in [3.63, 3.8) is 0 Å². The summed E-state index contributed by atoms with van der Waals surface area (Å²) in [6, 6.07) is 15.5. The first-order valence-corrected chi connectivity index (χ1v) is 10.7. The topological polar surface area (TPSA) is 102 Å². The minimum atomic E-state index is -0.505. The van der Waals surface area contributed by atoms with E-state index in [0.29, 0.717) is 19.6 Å². The molecule has 174 valence electrons. The number of nitro benzene ring substituents is 1. The van der Waals surface area contributed by atoms with Crippen LogP contribution in [0.1, 0.15) is 24.8 Å². The maximum Gasteiger partial charge on any atom is 0.415 e. The maximum atomic E-state index is 12.5. The van der Waals surface area contributed by atoms with E-state index in [1.165, 1.54) is 31.4 Å². The molecule has 1 aliphatic rings. The van der Waals surface area contributed by atoms with E-state index in [1.807, 2.05) is 42.6 Å². The van der Waals surface area contributed by atoms with Crippen LogP contribution in [-0.4, -0.2) is 59.6 Å². The number of likely N-dealkylation sites (tertiary alicyclic amines) is 1. The molecule has 1 fully saturated rings. The van der Waals surface area contributed by atoms with Gasteiger partial charge in [0.1, 0.15) is 5.75 Å². The molecule has 1 amide bonds. The molecule has 0 aromatic heterocycles. The molecule has 1 saturated heterocycles. The summed E-state index contributed by atoms with van der Waals surface area (Å²) in [4.78, 5) is 38.2. The Bertz CT molecular complexity index is 969. The SMILES string of the molecule is COC(=O)CCN(C=Cc1ccccc1)C1CCN(C(=O)Oc2ccc([N+](=O)[O-])cc2)CC1. The van der Waals surface area contributed by atoms with Crippen molar-refractivity contribution in [1.29, 1.82) is 0 Å². The van der Waals surface area contributed by atoms with Crippen LogP contribution >= 0.6 is 0 Å². The number of esters is 1. The summed E-state index contributed by atoms with van der Waals surface area (Å²) in [5.74, 6) is -0.00422. The molecule has 1 aliphatic heterocycles. The zero-order chi connectivity index (χ0) is 23.6. The van der Waals surface area contributed by atoms with Gasteiger partial charge in [-0.25, -0.2) is 4.79 Å². The van der Waals surface area contributed by atoms with Crippen LogP contribution in [0, 0.1) is 10.1 Å². The van der Waals surface area contributed by atoms with Gasteiger partial charge in [-0.1, -0.05) is 30.3 Å². The Hall–Kier alpha value is -3.88. The molecule has 0 aliphatic carbocycles. The second-order valence-corrected chi connectivity index (χ2v) is 7.63. The van der Waals surface area contributed by atoms with E-state index in [4.69, 9.17) is 9.47 Å². The molecule has 0 spiro atoms. The van der Waals surface area contributed by atoms with Crippen LogP contribution in [0.15, 0.2) is 60.8 Å². The molecule has 9 heteroatoms. The third kappa shape index (κ3) is 7.06. The Kier molecular flexibility index (Phi) is 8.40. The molecule has 0 saturated carbocycles. The zero-order valence-corrected chi connectivity index (χ0v) is 18.5. The summed E-state index contributed by atoms with van der Waals surface area (Å²) in [6.07, 6.45) is 5.23. The molecular weight excluding hydrogens is 426 g/mol. The molecule has 2 aromatic rings. The largest absolute Gasteiger partial charge is 0.469 e. The fourth-order valence-electron chi connectivity index (χ4n) is 3.63. The van der Waals surface area contributed by atoms with Gasteiger partial charge in [0.15, 0.2) is 0 Å². The molecule has 3 rings (SSSR count). The number of nitro groups is 1. The molecule has 0 N–H and O–H groups in total. The van der Waals surface area contributed by atoms with Crippen molar-refractivity contribution in [2.24, 2.45) is 0 Å². The van der Waals surface area contributed by atoms with Gasteiger partial charge in [0, 0.05) is 37.8 Å². The number of hydrogen-bond donors (Lipinski definition) is 0. The summed E-state index contributed by atoms with van der Waals surface area (Å²) in [5.41, 5.74) is 0.996. The summed E-state index contributed by atoms with van der Waals surface area (Å²) in [6.45, 7) is 1.53. The summed E-state index contributed by atoms with van der Waals surface area (Å²) < 4.78 is 10.1. The van der Waals surface area contributed by atoms with Gasteiger partial charge in [-0.3, -0.25) is 14.9 Å². The lowest BCUT2D eigenvalue weighted by Crippen LogP contribution is -2.46. The van der Waals surface area contributed by atoms with Crippen molar-refractivity contribution >= 4 is 23.8 Å². The van der Waals surface area contributed by atoms with Crippen LogP contribution in [0.2, 0.25) is 0 Å². The molecule has 0 bridgehead atoms. The van der Waals surface area contributed by atoms with Crippen molar-refractivity contribution in [3.05, 3.63) is 76.5 Å². The van der Waals surface area contributed by atoms with Crippen molar-refractivity contribution < 1.29 is 24.0 Å². The molecule has 0 radical (unpaired) electrons. The van der Waals surface area contributed by atoms with Crippen molar-refractivity contribution in [1.82, 2.24) is 9.80 Å². The van der Waals surface area contributed by atoms with Gasteiger partial charge in [0.2, 0.25) is 0 Å². The number of rotatable bonds is 8. The average Bonchev–Trinajstić information content (AvgIpc) is 2.85. The Labute approximate surface area is 192 Å². The minimum absolute atomic E-state index is 0.0637. The first kappa shape index (κ1) is 23.8. The van der Waals surface area contributed by atoms with Gasteiger partial charge in [-0.15, -0.1) is 0 Å². The van der Waals surface area contributed by atoms with Gasteiger partial charge in [0.05, 0.1) is 18.5 Å². The fraction of sp³-hybridized carbons (Fsp3) is 0.333. The number of piperidine rings is 1. The smallest absolute Gasteiger partial charge is 0.415 e. The predicted octanol–water partition coefficient (Wildman–Crippen LogP) is 4.09. The van der Waals surface area contributed by atoms with Crippen molar-refractivity contribution in [2.45, 2.75) is 25.3 Å². The van der Waals surface area contributed by atoms with E-state index in [1.54, 1.807) is 4.90 Å². The predicted molar refractivity (Wildman–Crippen MR) is 123 cm³/mol. The Morgan fingerprint density at radius 2 is 1.79 bits per heavy atom. The van der Waals surface area contributed by atoms with E-state index >= 15 is 0 Å². The van der Waals surface area contributed by atoms with E-state index in [2.05, 4.69) is 4.90 Å². The van der Waals surface area contributed by atoms with Crippen LogP contribution in [0.4, 0.5) is 10.5 Å². The molecule has 0 unspecified atom stereocenters. The fourth-order valence-corrected chi connectivity index (χ4v) is 3.63. The zero-order valence-electron chi connectivity index (χ0n) is 18.5. The highest BCUT2D eigenvalue weighted by Crippen LogP contribution is 2.21. The number of non-ortho nitro benzene ring substituents is 1. The number of benzene rings is 2. The third-order valence-electron chi connectivity index (χ3n) is 5.50. The van der Waals surface area contributed by atoms with Crippen molar-refractivity contribution in [2.75, 3.05) is 26.7 Å². The van der Waals surface area contributed by atoms with Crippen LogP contribution in [0.3, 0.4) is 0 Å². The first-order valence-electron chi connectivity index (χ1n) is 10.7. The van der Waals surface area contributed by atoms with Gasteiger partial charge in [-0.05, 0) is 42.8 Å². The van der Waals surface area contributed by atoms with E-state index in [9.17, 15) is 19.7 Å². The molecule has 9 nitrogen and oxygen atoms in total. The lowest BCUT2D eigenvalue weighted by atomic mass is 10.0. The number of methoxy groups -OCH3 is 1. The van der Waals surface area contributed by atoms with E-state index in [0.717, 1.165) is 18.4 Å². The highest BCUT2D eigenvalue weighted by atomic mass is 16.6. The molecule has 1 heterocycles. The van der Waals surface area contributed by atoms with Gasteiger partial charge in [0.25, 0.3) is 5.69 Å². The third-order valence-corrected chi connectivity index (χ3v) is 5.50. The first-order chi connectivity index (χ1) is 16.0. The van der Waals surface area contributed by atoms with E-state index < -0.39 is 11.0 Å². The van der Waals surface area contributed by atoms with Crippen LogP contribution < -0.4 is 4.74 Å². The standard InChI is InChI=1S/C24H27N3O6/c1-32-23(28)14-18-25(15-11-19-5-3-2-4-6-19)20-12-16-26(17-13-20)24(29)33-22-9-7-21(8-10-22)27(30)31/h2-11,15,20H,12-14,16-18H2,1H3. The van der Waals surface area contributed by atoms with Crippen LogP contribution in [0.5, 0.6) is 5.75 Å². The average molecular weight is 453 g/mol. The quantitative estimate of drug-likeness (QED) is 0.337. The lowest BCUT2D eigenvalue weighted by Gasteiger charge is -2.37. The minimum Gasteiger partial charge on any atom is -0.469 e. The number of carbonyl (C=O) groups is 2. The highest BCUT2D eigenvalue weighted by molar-refractivity contribution is 5.71. The number of carbonyl (C=O) groups excluding carboxylic acids is 2. The van der Waals surface area contributed by atoms with Gasteiger partial charge < -0.3 is 19.3 Å².